The summed E-state index contributed by atoms with van der Waals surface area (Å²) in [6.45, 7) is -2.42. The maximum absolute atomic E-state index is 7.51. The molecule has 3 heteroatoms. The first-order valence-corrected chi connectivity index (χ1v) is 3.66. The van der Waals surface area contributed by atoms with Gasteiger partial charge in [-0.1, -0.05) is 0 Å². The third-order valence-electron chi connectivity index (χ3n) is 0.700. The van der Waals surface area contributed by atoms with Crippen LogP contribution in [-0.2, 0) is 0 Å². The van der Waals surface area contributed by atoms with E-state index in [4.69, 9.17) is 6.85 Å². The quantitative estimate of drug-likeness (QED) is 0.650. The minimum atomic E-state index is -2.42. The van der Waals surface area contributed by atoms with Crippen molar-refractivity contribution in [1.29, 1.82) is 0 Å². The lowest BCUT2D eigenvalue weighted by Gasteiger charge is -1.94. The first kappa shape index (κ1) is 3.01. The molecule has 1 aromatic rings. The minimum absolute atomic E-state index is 0.0469. The average molecular weight is 256 g/mol. The van der Waals surface area contributed by atoms with E-state index in [1.807, 2.05) is 0 Å². The van der Waals surface area contributed by atoms with Crippen molar-refractivity contribution in [3.05, 3.63) is 26.9 Å². The van der Waals surface area contributed by atoms with Gasteiger partial charge in [0.15, 0.2) is 0 Å². The number of pyridine rings is 1. The van der Waals surface area contributed by atoms with Crippen molar-refractivity contribution >= 4 is 31.9 Å². The van der Waals surface area contributed by atoms with Crippen molar-refractivity contribution in [1.82, 2.24) is 4.98 Å². The standard InChI is InChI=1S/C6H5Br2N/c1-4-2-6(8)9-3-5(4)7/h2-3H,1H3/i1D3,2D,3D. The summed E-state index contributed by atoms with van der Waals surface area (Å²) in [5.41, 5.74) is -0.190. The van der Waals surface area contributed by atoms with Gasteiger partial charge in [0.2, 0.25) is 0 Å². The van der Waals surface area contributed by atoms with Crippen molar-refractivity contribution in [2.45, 2.75) is 6.85 Å². The number of hydrogen-bond acceptors (Lipinski definition) is 1. The summed E-state index contributed by atoms with van der Waals surface area (Å²) in [7, 11) is 0. The SMILES string of the molecule is [2H]c1nc(Br)c([2H])c(C([2H])([2H])[2H])c1Br. The van der Waals surface area contributed by atoms with Crippen LogP contribution >= 0.6 is 31.9 Å². The van der Waals surface area contributed by atoms with E-state index in [-0.39, 0.29) is 26.9 Å². The molecule has 0 saturated carbocycles. The van der Waals surface area contributed by atoms with Crippen molar-refractivity contribution in [2.75, 3.05) is 0 Å². The van der Waals surface area contributed by atoms with Gasteiger partial charge < -0.3 is 0 Å². The molecule has 0 radical (unpaired) electrons. The molecular formula is C6H5Br2N. The summed E-state index contributed by atoms with van der Waals surface area (Å²) in [5, 5.41) is 0. The zero-order valence-corrected chi connectivity index (χ0v) is 7.38. The van der Waals surface area contributed by atoms with Crippen LogP contribution in [0, 0.1) is 6.85 Å². The molecule has 1 aromatic heterocycles. The number of nitrogens with zero attached hydrogens (tertiary/aromatic N) is 1. The van der Waals surface area contributed by atoms with Gasteiger partial charge in [0.05, 0.1) is 2.74 Å². The molecule has 0 bridgehead atoms. The number of aromatic nitrogens is 1. The molecule has 0 aromatic carbocycles. The summed E-state index contributed by atoms with van der Waals surface area (Å²) in [6, 6.07) is -0.215. The van der Waals surface area contributed by atoms with Crippen molar-refractivity contribution in [3.8, 4) is 0 Å². The first-order chi connectivity index (χ1) is 6.25. The van der Waals surface area contributed by atoms with Crippen LogP contribution in [0.2, 0.25) is 0 Å². The highest BCUT2D eigenvalue weighted by Gasteiger charge is 1.93. The van der Waals surface area contributed by atoms with Gasteiger partial charge in [-0.2, -0.15) is 0 Å². The molecule has 0 aliphatic rings. The Bertz CT molecular complexity index is 349. The largest absolute Gasteiger partial charge is 0.248 e. The molecular weight excluding hydrogens is 246 g/mol. The Balaban J connectivity index is 3.56. The van der Waals surface area contributed by atoms with E-state index in [9.17, 15) is 0 Å². The molecule has 1 nitrogen and oxygen atoms in total. The van der Waals surface area contributed by atoms with E-state index >= 15 is 0 Å². The molecule has 0 amide bonds. The summed E-state index contributed by atoms with van der Waals surface area (Å²) in [6.07, 6.45) is -0.195. The molecule has 0 atom stereocenters. The molecule has 48 valence electrons. The monoisotopic (exact) mass is 254 g/mol. The fraction of sp³-hybridized carbons (Fsp3) is 0.167. The topological polar surface area (TPSA) is 12.9 Å². The molecule has 0 N–H and O–H groups in total. The third kappa shape index (κ3) is 1.76. The van der Waals surface area contributed by atoms with Gasteiger partial charge in [0, 0.05) is 14.8 Å². The van der Waals surface area contributed by atoms with Crippen LogP contribution in [0.1, 0.15) is 12.4 Å². The fourth-order valence-electron chi connectivity index (χ4n) is 0.340. The predicted octanol–water partition coefficient (Wildman–Crippen LogP) is 2.92. The van der Waals surface area contributed by atoms with Gasteiger partial charge in [0.1, 0.15) is 4.60 Å². The first-order valence-electron chi connectivity index (χ1n) is 4.58. The minimum Gasteiger partial charge on any atom is -0.248 e. The summed E-state index contributed by atoms with van der Waals surface area (Å²) in [5.74, 6) is 0. The zero-order valence-electron chi connectivity index (χ0n) is 9.20. The lowest BCUT2D eigenvalue weighted by molar-refractivity contribution is 1.22. The maximum atomic E-state index is 7.51. The maximum Gasteiger partial charge on any atom is 0.106 e. The van der Waals surface area contributed by atoms with Gasteiger partial charge in [-0.05, 0) is 50.3 Å². The molecule has 1 rings (SSSR count). The summed E-state index contributed by atoms with van der Waals surface area (Å²) < 4.78 is 36.6. The van der Waals surface area contributed by atoms with Crippen molar-refractivity contribution < 1.29 is 6.85 Å². The second kappa shape index (κ2) is 2.80. The second-order valence-corrected chi connectivity index (χ2v) is 2.87. The molecule has 1 heterocycles. The van der Waals surface area contributed by atoms with E-state index in [2.05, 4.69) is 36.8 Å². The highest BCUT2D eigenvalue weighted by atomic mass is 79.9. The Labute approximate surface area is 77.8 Å². The lowest BCUT2D eigenvalue weighted by Crippen LogP contribution is -1.78. The average Bonchev–Trinajstić information content (AvgIpc) is 1.98. The van der Waals surface area contributed by atoms with E-state index < -0.39 is 6.85 Å². The highest BCUT2D eigenvalue weighted by molar-refractivity contribution is 9.11. The third-order valence-corrected chi connectivity index (χ3v) is 1.65. The normalized spacial score (nSPS) is 19.1. The molecule has 0 saturated heterocycles. The fourth-order valence-corrected chi connectivity index (χ4v) is 0.815. The van der Waals surface area contributed by atoms with E-state index in [0.29, 0.717) is 0 Å². The van der Waals surface area contributed by atoms with Crippen LogP contribution in [0.3, 0.4) is 0 Å². The van der Waals surface area contributed by atoms with Crippen molar-refractivity contribution in [2.24, 2.45) is 0 Å². The molecule has 0 aliphatic carbocycles. The smallest absolute Gasteiger partial charge is 0.106 e. The van der Waals surface area contributed by atoms with Gasteiger partial charge in [-0.15, -0.1) is 0 Å². The molecule has 0 fully saturated rings. The summed E-state index contributed by atoms with van der Waals surface area (Å²) >= 11 is 5.88. The number of rotatable bonds is 0. The van der Waals surface area contributed by atoms with E-state index in [1.165, 1.54) is 0 Å². The van der Waals surface area contributed by atoms with Gasteiger partial charge in [-0.3, -0.25) is 0 Å². The molecule has 0 aliphatic heterocycles. The van der Waals surface area contributed by atoms with E-state index in [0.717, 1.165) is 0 Å². The van der Waals surface area contributed by atoms with Crippen LogP contribution in [0.25, 0.3) is 0 Å². The highest BCUT2D eigenvalue weighted by Crippen LogP contribution is 2.17. The Kier molecular flexibility index (Phi) is 0.935. The second-order valence-electron chi connectivity index (χ2n) is 1.33. The Morgan fingerprint density at radius 1 is 1.78 bits per heavy atom. The lowest BCUT2D eigenvalue weighted by atomic mass is 10.3. The van der Waals surface area contributed by atoms with Crippen LogP contribution in [0.15, 0.2) is 21.3 Å². The molecule has 0 unspecified atom stereocenters. The Morgan fingerprint density at radius 3 is 3.22 bits per heavy atom. The number of halogens is 2. The Hall–Kier alpha value is 0.110. The van der Waals surface area contributed by atoms with Crippen LogP contribution in [0.4, 0.5) is 0 Å². The van der Waals surface area contributed by atoms with E-state index in [1.54, 1.807) is 0 Å². The number of hydrogen-bond donors (Lipinski definition) is 0. The summed E-state index contributed by atoms with van der Waals surface area (Å²) in [4.78, 5) is 3.65. The zero-order chi connectivity index (χ0) is 11.1. The van der Waals surface area contributed by atoms with Crippen molar-refractivity contribution in [3.63, 3.8) is 0 Å². The van der Waals surface area contributed by atoms with Gasteiger partial charge >= 0.3 is 0 Å². The van der Waals surface area contributed by atoms with Crippen LogP contribution in [0.5, 0.6) is 0 Å². The van der Waals surface area contributed by atoms with Gasteiger partial charge in [-0.25, -0.2) is 4.98 Å². The van der Waals surface area contributed by atoms with Crippen LogP contribution in [-0.4, -0.2) is 4.98 Å². The molecule has 9 heavy (non-hydrogen) atoms. The molecule has 0 spiro atoms. The van der Waals surface area contributed by atoms with Gasteiger partial charge in [0.25, 0.3) is 0 Å². The predicted molar refractivity (Wildman–Crippen MR) is 44.4 cm³/mol. The Morgan fingerprint density at radius 2 is 2.56 bits per heavy atom. The van der Waals surface area contributed by atoms with Crippen LogP contribution < -0.4 is 0 Å².